The molecule has 1 aliphatic carbocycles. The van der Waals surface area contributed by atoms with Crippen LogP contribution in [-0.4, -0.2) is 14.8 Å². The van der Waals surface area contributed by atoms with Crippen LogP contribution in [0.1, 0.15) is 40.0 Å². The lowest BCUT2D eigenvalue weighted by atomic mass is 9.70. The van der Waals surface area contributed by atoms with Crippen molar-refractivity contribution < 1.29 is 0 Å². The number of aromatic nitrogens is 2. The Morgan fingerprint density at radius 2 is 1.90 bits per heavy atom. The Kier molecular flexibility index (Phi) is 4.06. The van der Waals surface area contributed by atoms with Crippen LogP contribution in [-0.2, 0) is 0 Å². The number of halogens is 2. The summed E-state index contributed by atoms with van der Waals surface area (Å²) in [5.41, 5.74) is 2.75. The summed E-state index contributed by atoms with van der Waals surface area (Å²) in [5, 5.41) is 4.79. The minimum atomic E-state index is 0.355. The molecule has 3 rings (SSSR count). The molecule has 21 heavy (non-hydrogen) atoms. The fourth-order valence-electron chi connectivity index (χ4n) is 3.67. The third kappa shape index (κ3) is 3.13. The van der Waals surface area contributed by atoms with E-state index in [1.54, 1.807) is 6.07 Å². The van der Waals surface area contributed by atoms with E-state index >= 15 is 0 Å². The SMILES string of the molecule is CC1CC(Nc2c(Cl)cc(Cl)c3nsnc23)CC(C)(C)C1. The molecule has 0 amide bonds. The third-order valence-electron chi connectivity index (χ3n) is 4.18. The molecule has 3 nitrogen and oxygen atoms in total. The fourth-order valence-corrected chi connectivity index (χ4v) is 4.84. The number of nitrogens with one attached hydrogen (secondary N) is 1. The molecule has 1 fully saturated rings. The molecular formula is C15H19Cl2N3S. The predicted molar refractivity (Wildman–Crippen MR) is 91.6 cm³/mol. The first-order valence-electron chi connectivity index (χ1n) is 7.22. The van der Waals surface area contributed by atoms with E-state index in [-0.39, 0.29) is 0 Å². The van der Waals surface area contributed by atoms with Gasteiger partial charge >= 0.3 is 0 Å². The van der Waals surface area contributed by atoms with Crippen LogP contribution in [0.3, 0.4) is 0 Å². The Morgan fingerprint density at radius 1 is 1.19 bits per heavy atom. The molecule has 1 aromatic heterocycles. The Hall–Kier alpha value is -0.580. The van der Waals surface area contributed by atoms with Crippen molar-refractivity contribution in [2.45, 2.75) is 46.1 Å². The normalized spacial score (nSPS) is 25.2. The summed E-state index contributed by atoms with van der Waals surface area (Å²) in [6.45, 7) is 6.99. The second-order valence-corrected chi connectivity index (χ2v) is 8.27. The molecule has 0 saturated heterocycles. The molecule has 2 unspecified atom stereocenters. The van der Waals surface area contributed by atoms with Crippen molar-refractivity contribution in [3.63, 3.8) is 0 Å². The lowest BCUT2D eigenvalue weighted by Gasteiger charge is -2.39. The lowest BCUT2D eigenvalue weighted by Crippen LogP contribution is -2.35. The highest BCUT2D eigenvalue weighted by Crippen LogP contribution is 2.42. The summed E-state index contributed by atoms with van der Waals surface area (Å²) >= 11 is 13.7. The van der Waals surface area contributed by atoms with Crippen LogP contribution in [0.5, 0.6) is 0 Å². The predicted octanol–water partition coefficient (Wildman–Crippen LogP) is 5.62. The first kappa shape index (κ1) is 15.3. The Labute approximate surface area is 139 Å². The van der Waals surface area contributed by atoms with E-state index in [9.17, 15) is 0 Å². The summed E-state index contributed by atoms with van der Waals surface area (Å²) in [7, 11) is 0. The molecule has 2 atom stereocenters. The van der Waals surface area contributed by atoms with Gasteiger partial charge in [-0.05, 0) is 36.7 Å². The molecule has 6 heteroatoms. The van der Waals surface area contributed by atoms with Gasteiger partial charge in [-0.2, -0.15) is 8.75 Å². The summed E-state index contributed by atoms with van der Waals surface area (Å²) < 4.78 is 8.62. The van der Waals surface area contributed by atoms with E-state index in [0.29, 0.717) is 27.4 Å². The van der Waals surface area contributed by atoms with Gasteiger partial charge in [0, 0.05) is 6.04 Å². The van der Waals surface area contributed by atoms with Crippen LogP contribution in [0.2, 0.25) is 10.0 Å². The van der Waals surface area contributed by atoms with Gasteiger partial charge in [-0.25, -0.2) is 0 Å². The van der Waals surface area contributed by atoms with E-state index in [0.717, 1.165) is 29.6 Å². The summed E-state index contributed by atoms with van der Waals surface area (Å²) in [5.74, 6) is 0.710. The first-order chi connectivity index (χ1) is 9.85. The van der Waals surface area contributed by atoms with Gasteiger partial charge in [0.15, 0.2) is 0 Å². The number of anilines is 1. The molecule has 1 N–H and O–H groups in total. The van der Waals surface area contributed by atoms with Crippen molar-refractivity contribution in [2.24, 2.45) is 11.3 Å². The summed E-state index contributed by atoms with van der Waals surface area (Å²) in [6.07, 6.45) is 3.56. The maximum Gasteiger partial charge on any atom is 0.130 e. The quantitative estimate of drug-likeness (QED) is 0.768. The van der Waals surface area contributed by atoms with Crippen LogP contribution in [0, 0.1) is 11.3 Å². The van der Waals surface area contributed by atoms with Gasteiger partial charge in [-0.3, -0.25) is 0 Å². The Balaban J connectivity index is 1.93. The van der Waals surface area contributed by atoms with Crippen LogP contribution in [0.15, 0.2) is 6.07 Å². The van der Waals surface area contributed by atoms with Crippen LogP contribution >= 0.6 is 34.9 Å². The molecule has 114 valence electrons. The zero-order valence-corrected chi connectivity index (χ0v) is 14.7. The number of benzene rings is 1. The molecule has 1 aliphatic rings. The smallest absolute Gasteiger partial charge is 0.130 e. The van der Waals surface area contributed by atoms with Gasteiger partial charge in [0.05, 0.1) is 27.5 Å². The molecule has 1 heterocycles. The van der Waals surface area contributed by atoms with Crippen molar-refractivity contribution in [3.05, 3.63) is 16.1 Å². The number of rotatable bonds is 2. The molecule has 0 spiro atoms. The second-order valence-electron chi connectivity index (χ2n) is 6.93. The van der Waals surface area contributed by atoms with Crippen molar-refractivity contribution in [3.8, 4) is 0 Å². The summed E-state index contributed by atoms with van der Waals surface area (Å²) in [6, 6.07) is 2.17. The van der Waals surface area contributed by atoms with Crippen LogP contribution in [0.4, 0.5) is 5.69 Å². The van der Waals surface area contributed by atoms with Gasteiger partial charge in [0.1, 0.15) is 11.0 Å². The number of fused-ring (bicyclic) bond motifs is 1. The summed E-state index contributed by atoms with van der Waals surface area (Å²) in [4.78, 5) is 0. The van der Waals surface area contributed by atoms with Gasteiger partial charge < -0.3 is 5.32 Å². The lowest BCUT2D eigenvalue weighted by molar-refractivity contribution is 0.178. The van der Waals surface area contributed by atoms with Crippen LogP contribution < -0.4 is 5.32 Å². The van der Waals surface area contributed by atoms with E-state index in [2.05, 4.69) is 34.8 Å². The molecule has 0 radical (unpaired) electrons. The van der Waals surface area contributed by atoms with Crippen LogP contribution in [0.25, 0.3) is 11.0 Å². The third-order valence-corrected chi connectivity index (χ3v) is 5.29. The largest absolute Gasteiger partial charge is 0.379 e. The van der Waals surface area contributed by atoms with Crippen molar-refractivity contribution in [1.82, 2.24) is 8.75 Å². The second kappa shape index (κ2) is 5.56. The number of nitrogens with zero attached hydrogens (tertiary/aromatic N) is 2. The van der Waals surface area contributed by atoms with E-state index in [1.807, 2.05) is 0 Å². The van der Waals surface area contributed by atoms with E-state index in [1.165, 1.54) is 18.1 Å². The molecule has 2 aromatic rings. The minimum absolute atomic E-state index is 0.355. The monoisotopic (exact) mass is 343 g/mol. The Morgan fingerprint density at radius 3 is 2.62 bits per heavy atom. The molecule has 0 aliphatic heterocycles. The van der Waals surface area contributed by atoms with Gasteiger partial charge in [-0.1, -0.05) is 44.0 Å². The highest BCUT2D eigenvalue weighted by Gasteiger charge is 2.32. The van der Waals surface area contributed by atoms with Gasteiger partial charge in [0.25, 0.3) is 0 Å². The first-order valence-corrected chi connectivity index (χ1v) is 8.71. The van der Waals surface area contributed by atoms with Crippen molar-refractivity contribution >= 4 is 51.7 Å². The Bertz CT molecular complexity index is 668. The average molecular weight is 344 g/mol. The van der Waals surface area contributed by atoms with E-state index < -0.39 is 0 Å². The highest BCUT2D eigenvalue weighted by atomic mass is 35.5. The van der Waals surface area contributed by atoms with Crippen molar-refractivity contribution in [1.29, 1.82) is 0 Å². The maximum absolute atomic E-state index is 6.38. The topological polar surface area (TPSA) is 37.8 Å². The zero-order valence-electron chi connectivity index (χ0n) is 12.4. The van der Waals surface area contributed by atoms with Crippen molar-refractivity contribution in [2.75, 3.05) is 5.32 Å². The standard InChI is InChI=1S/C15H19Cl2N3S/c1-8-4-9(7-15(2,3)6-8)18-12-10(16)5-11(17)13-14(12)20-21-19-13/h5,8-9,18H,4,6-7H2,1-3H3. The maximum atomic E-state index is 6.38. The molecule has 1 aromatic carbocycles. The molecule has 0 bridgehead atoms. The number of hydrogen-bond donors (Lipinski definition) is 1. The van der Waals surface area contributed by atoms with Gasteiger partial charge in [-0.15, -0.1) is 0 Å². The number of hydrogen-bond acceptors (Lipinski definition) is 4. The van der Waals surface area contributed by atoms with Gasteiger partial charge in [0.2, 0.25) is 0 Å². The molecule has 1 saturated carbocycles. The zero-order chi connectivity index (χ0) is 15.2. The molecular weight excluding hydrogens is 325 g/mol. The highest BCUT2D eigenvalue weighted by molar-refractivity contribution is 7.00. The minimum Gasteiger partial charge on any atom is -0.379 e. The fraction of sp³-hybridized carbons (Fsp3) is 0.600. The van der Waals surface area contributed by atoms with E-state index in [4.69, 9.17) is 23.2 Å². The average Bonchev–Trinajstić information content (AvgIpc) is 2.81.